The molecule has 9 heteroatoms. The average molecular weight is 394 g/mol. The molecule has 3 aromatic heterocycles. The second-order valence-electron chi connectivity index (χ2n) is 8.30. The summed E-state index contributed by atoms with van der Waals surface area (Å²) in [6.45, 7) is 9.03. The van der Waals surface area contributed by atoms with Gasteiger partial charge in [0.2, 0.25) is 5.91 Å². The Kier molecular flexibility index (Phi) is 4.81. The van der Waals surface area contributed by atoms with Crippen molar-refractivity contribution >= 4 is 34.4 Å². The van der Waals surface area contributed by atoms with Crippen molar-refractivity contribution in [2.75, 3.05) is 41.3 Å². The van der Waals surface area contributed by atoms with Crippen molar-refractivity contribution in [1.29, 1.82) is 0 Å². The van der Waals surface area contributed by atoms with Gasteiger partial charge in [0, 0.05) is 38.6 Å². The monoisotopic (exact) mass is 394 g/mol. The molecule has 9 nitrogen and oxygen atoms in total. The molecular formula is C20H26N8O. The molecule has 0 aromatic carbocycles. The van der Waals surface area contributed by atoms with E-state index in [0.29, 0.717) is 5.82 Å². The fraction of sp³-hybridized carbons (Fsp3) is 0.450. The van der Waals surface area contributed by atoms with Crippen LogP contribution in [0.15, 0.2) is 31.0 Å². The van der Waals surface area contributed by atoms with Gasteiger partial charge >= 0.3 is 0 Å². The van der Waals surface area contributed by atoms with Gasteiger partial charge in [0.1, 0.15) is 12.1 Å². The van der Waals surface area contributed by atoms with E-state index in [1.807, 2.05) is 50.7 Å². The fourth-order valence-electron chi connectivity index (χ4n) is 3.29. The molecule has 1 aliphatic rings. The van der Waals surface area contributed by atoms with Gasteiger partial charge in [-0.25, -0.2) is 19.9 Å². The Morgan fingerprint density at radius 1 is 1.00 bits per heavy atom. The summed E-state index contributed by atoms with van der Waals surface area (Å²) >= 11 is 0. The summed E-state index contributed by atoms with van der Waals surface area (Å²) in [5.74, 6) is 1.41. The van der Waals surface area contributed by atoms with Crippen LogP contribution in [0.2, 0.25) is 0 Å². The minimum atomic E-state index is -0.448. The quantitative estimate of drug-likeness (QED) is 0.727. The summed E-state index contributed by atoms with van der Waals surface area (Å²) in [6, 6.07) is 3.86. The van der Waals surface area contributed by atoms with E-state index in [2.05, 4.69) is 35.1 Å². The standard InChI is InChI=1S/C20H26N8O/c1-20(2,3)19(29)25-15-6-5-14(11-21-15)27-7-9-28(10-8-27)18-16-17(22-12-23-18)26(4)13-24-16/h5-6,11-13H,7-10H2,1-4H3,(H,21,25,29). The topological polar surface area (TPSA) is 92.1 Å². The van der Waals surface area contributed by atoms with Gasteiger partial charge in [0.05, 0.1) is 18.2 Å². The molecule has 1 N–H and O–H groups in total. The number of anilines is 3. The zero-order chi connectivity index (χ0) is 20.6. The van der Waals surface area contributed by atoms with Crippen LogP contribution in [0.25, 0.3) is 11.2 Å². The summed E-state index contributed by atoms with van der Waals surface area (Å²) in [5.41, 5.74) is 2.28. The number of aryl methyl sites for hydroxylation is 1. The average Bonchev–Trinajstić information content (AvgIpc) is 3.09. The fourth-order valence-corrected chi connectivity index (χ4v) is 3.29. The third-order valence-corrected chi connectivity index (χ3v) is 5.09. The van der Waals surface area contributed by atoms with Crippen LogP contribution in [0.5, 0.6) is 0 Å². The third kappa shape index (κ3) is 3.85. The van der Waals surface area contributed by atoms with Gasteiger partial charge in [0.25, 0.3) is 0 Å². The maximum atomic E-state index is 12.1. The Hall–Kier alpha value is -3.23. The first-order valence-corrected chi connectivity index (χ1v) is 9.72. The number of carbonyl (C=O) groups excluding carboxylic acids is 1. The molecule has 0 bridgehead atoms. The summed E-state index contributed by atoms with van der Waals surface area (Å²) in [4.78, 5) is 34.3. The molecule has 4 rings (SSSR count). The molecule has 0 aliphatic carbocycles. The number of hydrogen-bond acceptors (Lipinski definition) is 7. The number of amides is 1. The van der Waals surface area contributed by atoms with Gasteiger partial charge in [-0.1, -0.05) is 20.8 Å². The highest BCUT2D eigenvalue weighted by atomic mass is 16.2. The molecule has 3 aromatic rings. The van der Waals surface area contributed by atoms with Gasteiger partial charge in [0.15, 0.2) is 17.0 Å². The van der Waals surface area contributed by atoms with E-state index in [4.69, 9.17) is 0 Å². The van der Waals surface area contributed by atoms with Crippen LogP contribution in [-0.2, 0) is 11.8 Å². The molecule has 0 atom stereocenters. The number of pyridine rings is 1. The van der Waals surface area contributed by atoms with Gasteiger partial charge in [-0.15, -0.1) is 0 Å². The van der Waals surface area contributed by atoms with Crippen molar-refractivity contribution in [3.05, 3.63) is 31.0 Å². The molecule has 1 fully saturated rings. The highest BCUT2D eigenvalue weighted by Gasteiger charge is 2.23. The van der Waals surface area contributed by atoms with Crippen molar-refractivity contribution in [3.63, 3.8) is 0 Å². The number of piperazine rings is 1. The molecule has 152 valence electrons. The van der Waals surface area contributed by atoms with Crippen LogP contribution in [-0.4, -0.2) is 56.6 Å². The minimum absolute atomic E-state index is 0.0444. The molecule has 0 radical (unpaired) electrons. The normalized spacial score (nSPS) is 15.0. The maximum absolute atomic E-state index is 12.1. The smallest absolute Gasteiger partial charge is 0.230 e. The first kappa shape index (κ1) is 19.1. The van der Waals surface area contributed by atoms with Gasteiger partial charge in [-0.05, 0) is 12.1 Å². The lowest BCUT2D eigenvalue weighted by atomic mass is 9.96. The number of fused-ring (bicyclic) bond motifs is 1. The van der Waals surface area contributed by atoms with E-state index >= 15 is 0 Å². The molecule has 29 heavy (non-hydrogen) atoms. The molecule has 1 amide bonds. The first-order chi connectivity index (χ1) is 13.8. The lowest BCUT2D eigenvalue weighted by molar-refractivity contribution is -0.123. The Bertz CT molecular complexity index is 1010. The molecule has 4 heterocycles. The first-order valence-electron chi connectivity index (χ1n) is 9.72. The predicted molar refractivity (Wildman–Crippen MR) is 113 cm³/mol. The molecule has 0 spiro atoms. The van der Waals surface area contributed by atoms with Gasteiger partial charge in [-0.3, -0.25) is 4.79 Å². The van der Waals surface area contributed by atoms with Gasteiger partial charge in [-0.2, -0.15) is 0 Å². The van der Waals surface area contributed by atoms with E-state index in [1.54, 1.807) is 12.7 Å². The van der Waals surface area contributed by atoms with Crippen LogP contribution in [0.4, 0.5) is 17.3 Å². The minimum Gasteiger partial charge on any atom is -0.367 e. The SMILES string of the molecule is Cn1cnc2c(N3CCN(c4ccc(NC(=O)C(C)(C)C)nc4)CC3)ncnc21. The van der Waals surface area contributed by atoms with E-state index < -0.39 is 5.41 Å². The Morgan fingerprint density at radius 3 is 2.38 bits per heavy atom. The van der Waals surface area contributed by atoms with Crippen molar-refractivity contribution in [2.24, 2.45) is 12.5 Å². The van der Waals surface area contributed by atoms with Crippen molar-refractivity contribution < 1.29 is 4.79 Å². The van der Waals surface area contributed by atoms with Crippen molar-refractivity contribution in [2.45, 2.75) is 20.8 Å². The number of carbonyl (C=O) groups is 1. The second-order valence-corrected chi connectivity index (χ2v) is 8.30. The van der Waals surface area contributed by atoms with E-state index in [1.165, 1.54) is 0 Å². The predicted octanol–water partition coefficient (Wildman–Crippen LogP) is 2.07. The summed E-state index contributed by atoms with van der Waals surface area (Å²) in [5, 5.41) is 2.86. The van der Waals surface area contributed by atoms with Crippen LogP contribution >= 0.6 is 0 Å². The maximum Gasteiger partial charge on any atom is 0.230 e. The van der Waals surface area contributed by atoms with Crippen LogP contribution < -0.4 is 15.1 Å². The number of nitrogens with one attached hydrogen (secondary N) is 1. The Labute approximate surface area is 169 Å². The van der Waals surface area contributed by atoms with E-state index in [0.717, 1.165) is 48.8 Å². The van der Waals surface area contributed by atoms with Crippen LogP contribution in [0.3, 0.4) is 0 Å². The van der Waals surface area contributed by atoms with Crippen LogP contribution in [0, 0.1) is 5.41 Å². The Balaban J connectivity index is 1.41. The van der Waals surface area contributed by atoms with E-state index in [-0.39, 0.29) is 5.91 Å². The number of hydrogen-bond donors (Lipinski definition) is 1. The zero-order valence-corrected chi connectivity index (χ0v) is 17.3. The highest BCUT2D eigenvalue weighted by molar-refractivity contribution is 5.93. The summed E-state index contributed by atoms with van der Waals surface area (Å²) in [7, 11) is 1.94. The summed E-state index contributed by atoms with van der Waals surface area (Å²) in [6.07, 6.45) is 5.18. The summed E-state index contributed by atoms with van der Waals surface area (Å²) < 4.78 is 1.91. The molecular weight excluding hydrogens is 368 g/mol. The molecule has 1 aliphatic heterocycles. The number of aromatic nitrogens is 5. The Morgan fingerprint density at radius 2 is 1.72 bits per heavy atom. The number of nitrogens with zero attached hydrogens (tertiary/aromatic N) is 7. The van der Waals surface area contributed by atoms with Crippen molar-refractivity contribution in [3.8, 4) is 0 Å². The lowest BCUT2D eigenvalue weighted by Gasteiger charge is -2.36. The lowest BCUT2D eigenvalue weighted by Crippen LogP contribution is -2.47. The highest BCUT2D eigenvalue weighted by Crippen LogP contribution is 2.24. The molecule has 1 saturated heterocycles. The van der Waals surface area contributed by atoms with Crippen molar-refractivity contribution in [1.82, 2.24) is 24.5 Å². The number of rotatable bonds is 3. The van der Waals surface area contributed by atoms with E-state index in [9.17, 15) is 4.79 Å². The zero-order valence-electron chi connectivity index (χ0n) is 17.3. The third-order valence-electron chi connectivity index (χ3n) is 5.09. The van der Waals surface area contributed by atoms with Crippen LogP contribution in [0.1, 0.15) is 20.8 Å². The second kappa shape index (κ2) is 7.31. The number of imidazole rings is 1. The molecule has 0 unspecified atom stereocenters. The molecule has 0 saturated carbocycles. The largest absolute Gasteiger partial charge is 0.367 e. The van der Waals surface area contributed by atoms with Gasteiger partial charge < -0.3 is 19.7 Å².